The maximum absolute atomic E-state index is 13.4. The Kier molecular flexibility index (Phi) is 3.16. The molecule has 0 aliphatic carbocycles. The Morgan fingerprint density at radius 3 is 2.77 bits per heavy atom. The van der Waals surface area contributed by atoms with E-state index in [0.29, 0.717) is 0 Å². The third-order valence-corrected chi connectivity index (χ3v) is 3.70. The van der Waals surface area contributed by atoms with Gasteiger partial charge in [0.15, 0.2) is 0 Å². The molecule has 1 fully saturated rings. The van der Waals surface area contributed by atoms with Crippen molar-refractivity contribution in [3.05, 3.63) is 34.1 Å². The van der Waals surface area contributed by atoms with E-state index in [1.807, 2.05) is 0 Å². The molecular weight excluding hydrogens is 291 g/mol. The lowest BCUT2D eigenvalue weighted by atomic mass is 10.1. The second-order valence-electron chi connectivity index (χ2n) is 5.19. The van der Waals surface area contributed by atoms with Crippen molar-refractivity contribution in [1.29, 1.82) is 0 Å². The predicted octanol–water partition coefficient (Wildman–Crippen LogP) is 0.404. The molecule has 8 heteroatoms. The summed E-state index contributed by atoms with van der Waals surface area (Å²) < 4.78 is 14.6. The highest BCUT2D eigenvalue weighted by Crippen LogP contribution is 2.22. The third-order valence-electron chi connectivity index (χ3n) is 3.70. The van der Waals surface area contributed by atoms with E-state index in [1.54, 1.807) is 6.92 Å². The topological polar surface area (TPSA) is 107 Å². The van der Waals surface area contributed by atoms with Crippen LogP contribution in [0.2, 0.25) is 0 Å². The highest BCUT2D eigenvalue weighted by Gasteiger charge is 2.30. The van der Waals surface area contributed by atoms with Crippen LogP contribution in [-0.4, -0.2) is 21.4 Å². The van der Waals surface area contributed by atoms with Gasteiger partial charge in [0.1, 0.15) is 17.7 Å². The summed E-state index contributed by atoms with van der Waals surface area (Å²) in [6, 6.07) is 1.33. The lowest BCUT2D eigenvalue weighted by Gasteiger charge is -2.24. The van der Waals surface area contributed by atoms with Gasteiger partial charge in [0.05, 0.1) is 10.9 Å². The van der Waals surface area contributed by atoms with Gasteiger partial charge in [-0.15, -0.1) is 0 Å². The summed E-state index contributed by atoms with van der Waals surface area (Å²) >= 11 is 0. The molecule has 7 nitrogen and oxygen atoms in total. The summed E-state index contributed by atoms with van der Waals surface area (Å²) in [6.07, 6.45) is 0.346. The zero-order valence-electron chi connectivity index (χ0n) is 11.7. The van der Waals surface area contributed by atoms with Crippen molar-refractivity contribution in [2.24, 2.45) is 0 Å². The van der Waals surface area contributed by atoms with Gasteiger partial charge < -0.3 is 5.73 Å². The fraction of sp³-hybridized carbons (Fsp3) is 0.286. The van der Waals surface area contributed by atoms with Gasteiger partial charge in [-0.3, -0.25) is 24.3 Å². The van der Waals surface area contributed by atoms with Gasteiger partial charge in [-0.25, -0.2) is 9.37 Å². The Hall–Kier alpha value is -2.77. The number of piperidine rings is 1. The van der Waals surface area contributed by atoms with Gasteiger partial charge >= 0.3 is 0 Å². The fourth-order valence-electron chi connectivity index (χ4n) is 2.73. The first-order valence-electron chi connectivity index (χ1n) is 6.70. The molecule has 114 valence electrons. The number of hydrogen-bond donors (Lipinski definition) is 2. The Balaban J connectivity index is 2.25. The van der Waals surface area contributed by atoms with Gasteiger partial charge in [0.25, 0.3) is 5.56 Å². The molecule has 1 atom stereocenters. The highest BCUT2D eigenvalue weighted by atomic mass is 19.1. The fourth-order valence-corrected chi connectivity index (χ4v) is 2.73. The molecule has 0 radical (unpaired) electrons. The van der Waals surface area contributed by atoms with Crippen LogP contribution >= 0.6 is 0 Å². The van der Waals surface area contributed by atoms with Crippen molar-refractivity contribution in [3.8, 4) is 0 Å². The molecule has 3 rings (SSSR count). The van der Waals surface area contributed by atoms with Crippen molar-refractivity contribution in [3.63, 3.8) is 0 Å². The number of nitrogens with one attached hydrogen (secondary N) is 1. The Labute approximate surface area is 123 Å². The van der Waals surface area contributed by atoms with E-state index in [0.717, 1.165) is 12.1 Å². The standard InChI is InChI=1S/C14H13FN4O3/c1-6-17-9-5-7(15)4-8(16)12(9)14(22)19(6)10-2-3-11(20)18-13(10)21/h4-5,10H,2-3,16H2,1H3,(H,18,20,21)/t10-/m0/s1. The highest BCUT2D eigenvalue weighted by molar-refractivity contribution is 5.99. The van der Waals surface area contributed by atoms with E-state index < -0.39 is 23.3 Å². The molecule has 1 saturated heterocycles. The summed E-state index contributed by atoms with van der Waals surface area (Å²) in [5.41, 5.74) is 5.30. The van der Waals surface area contributed by atoms with Gasteiger partial charge in [-0.05, 0) is 19.4 Å². The maximum Gasteiger partial charge on any atom is 0.264 e. The normalized spacial score (nSPS) is 18.5. The number of rotatable bonds is 1. The maximum atomic E-state index is 13.4. The largest absolute Gasteiger partial charge is 0.398 e. The quantitative estimate of drug-likeness (QED) is 0.586. The van der Waals surface area contributed by atoms with Crippen LogP contribution in [0, 0.1) is 12.7 Å². The molecule has 0 saturated carbocycles. The monoisotopic (exact) mass is 304 g/mol. The number of aryl methyl sites for hydroxylation is 1. The molecule has 22 heavy (non-hydrogen) atoms. The van der Waals surface area contributed by atoms with Crippen LogP contribution in [0.1, 0.15) is 24.7 Å². The number of nitrogens with zero attached hydrogens (tertiary/aromatic N) is 2. The second kappa shape index (κ2) is 4.90. The molecule has 1 aliphatic rings. The molecule has 2 amide bonds. The minimum absolute atomic E-state index is 0.0338. The van der Waals surface area contributed by atoms with Crippen molar-refractivity contribution >= 4 is 28.4 Å². The van der Waals surface area contributed by atoms with E-state index >= 15 is 0 Å². The van der Waals surface area contributed by atoms with Crippen molar-refractivity contribution in [2.45, 2.75) is 25.8 Å². The van der Waals surface area contributed by atoms with E-state index in [9.17, 15) is 18.8 Å². The van der Waals surface area contributed by atoms with Crippen molar-refractivity contribution in [1.82, 2.24) is 14.9 Å². The molecule has 1 aromatic heterocycles. The number of aromatic nitrogens is 2. The number of imide groups is 1. The predicted molar refractivity (Wildman–Crippen MR) is 76.5 cm³/mol. The summed E-state index contributed by atoms with van der Waals surface area (Å²) in [4.78, 5) is 40.0. The van der Waals surface area contributed by atoms with Crippen molar-refractivity contribution in [2.75, 3.05) is 5.73 Å². The molecule has 2 aromatic rings. The minimum atomic E-state index is -0.827. The lowest BCUT2D eigenvalue weighted by Crippen LogP contribution is -2.45. The third kappa shape index (κ3) is 2.12. The SMILES string of the molecule is Cc1nc2cc(F)cc(N)c2c(=O)n1[C@H]1CCC(=O)NC1=O. The number of halogens is 1. The van der Waals surface area contributed by atoms with Crippen LogP contribution in [0.15, 0.2) is 16.9 Å². The molecule has 1 aliphatic heterocycles. The second-order valence-corrected chi connectivity index (χ2v) is 5.19. The number of carbonyl (C=O) groups is 2. The number of nitrogen functional groups attached to an aromatic ring is 1. The Morgan fingerprint density at radius 1 is 1.36 bits per heavy atom. The molecule has 0 spiro atoms. The molecule has 0 unspecified atom stereocenters. The zero-order valence-corrected chi connectivity index (χ0v) is 11.7. The minimum Gasteiger partial charge on any atom is -0.398 e. The van der Waals surface area contributed by atoms with Crippen LogP contribution in [0.25, 0.3) is 10.9 Å². The number of benzene rings is 1. The molecule has 3 N–H and O–H groups in total. The van der Waals surface area contributed by atoms with Gasteiger partial charge in [0.2, 0.25) is 11.8 Å². The van der Waals surface area contributed by atoms with E-state index in [-0.39, 0.29) is 41.2 Å². The molecule has 1 aromatic carbocycles. The average Bonchev–Trinajstić information content (AvgIpc) is 2.39. The zero-order chi connectivity index (χ0) is 16.0. The van der Waals surface area contributed by atoms with E-state index in [4.69, 9.17) is 5.73 Å². The summed E-state index contributed by atoms with van der Waals surface area (Å²) in [7, 11) is 0. The van der Waals surface area contributed by atoms with Crippen LogP contribution in [0.4, 0.5) is 10.1 Å². The smallest absolute Gasteiger partial charge is 0.264 e. The Bertz CT molecular complexity index is 874. The number of carbonyl (C=O) groups excluding carboxylic acids is 2. The van der Waals surface area contributed by atoms with Crippen molar-refractivity contribution < 1.29 is 14.0 Å². The van der Waals surface area contributed by atoms with E-state index in [1.165, 1.54) is 4.57 Å². The van der Waals surface area contributed by atoms with Gasteiger partial charge in [-0.1, -0.05) is 0 Å². The number of amides is 2. The number of nitrogens with two attached hydrogens (primary N) is 1. The molecular formula is C14H13FN4O3. The summed E-state index contributed by atoms with van der Waals surface area (Å²) in [5.74, 6) is -1.25. The van der Waals surface area contributed by atoms with Crippen LogP contribution in [-0.2, 0) is 9.59 Å². The van der Waals surface area contributed by atoms with Crippen LogP contribution in [0.3, 0.4) is 0 Å². The van der Waals surface area contributed by atoms with E-state index in [2.05, 4.69) is 10.3 Å². The summed E-state index contributed by atoms with van der Waals surface area (Å²) in [5, 5.41) is 2.26. The number of fused-ring (bicyclic) bond motifs is 1. The average molecular weight is 304 g/mol. The Morgan fingerprint density at radius 2 is 2.09 bits per heavy atom. The summed E-state index contributed by atoms with van der Waals surface area (Å²) in [6.45, 7) is 1.55. The van der Waals surface area contributed by atoms with Gasteiger partial charge in [-0.2, -0.15) is 0 Å². The lowest BCUT2D eigenvalue weighted by molar-refractivity contribution is -0.135. The van der Waals surface area contributed by atoms with Crippen LogP contribution in [0.5, 0.6) is 0 Å². The number of hydrogen-bond acceptors (Lipinski definition) is 5. The first-order chi connectivity index (χ1) is 10.4. The first-order valence-corrected chi connectivity index (χ1v) is 6.70. The van der Waals surface area contributed by atoms with Crippen LogP contribution < -0.4 is 16.6 Å². The number of anilines is 1. The first kappa shape index (κ1) is 14.2. The molecule has 2 heterocycles. The van der Waals surface area contributed by atoms with Gasteiger partial charge in [0, 0.05) is 18.2 Å². The molecule has 0 bridgehead atoms.